The number of para-hydroxylation sites is 2. The summed E-state index contributed by atoms with van der Waals surface area (Å²) in [7, 11) is 0. The van der Waals surface area contributed by atoms with E-state index in [0.29, 0.717) is 0 Å². The number of hydrogen-bond acceptors (Lipinski definition) is 1. The SMILES string of the molecule is Fc1ccc(-n2c3ccccc3c3ccc(N(c4ccccc4)c4ccc(C5(c6ccccc6)CCCCC5)cc4)cc32)cc1. The van der Waals surface area contributed by atoms with E-state index in [1.807, 2.05) is 12.1 Å². The Kier molecular flexibility index (Phi) is 6.95. The molecule has 0 radical (unpaired) electrons. The van der Waals surface area contributed by atoms with E-state index in [-0.39, 0.29) is 11.2 Å². The molecule has 220 valence electrons. The average molecular weight is 587 g/mol. The molecule has 1 aliphatic carbocycles. The third-order valence-electron chi connectivity index (χ3n) is 9.73. The average Bonchev–Trinajstić information content (AvgIpc) is 3.44. The van der Waals surface area contributed by atoms with Crippen LogP contribution in [0.15, 0.2) is 152 Å². The Hall–Kier alpha value is -5.15. The zero-order valence-corrected chi connectivity index (χ0v) is 25.2. The summed E-state index contributed by atoms with van der Waals surface area (Å²) in [4.78, 5) is 2.34. The van der Waals surface area contributed by atoms with Crippen LogP contribution in [0.5, 0.6) is 0 Å². The Morgan fingerprint density at radius 2 is 1.07 bits per heavy atom. The maximum absolute atomic E-state index is 14.0. The van der Waals surface area contributed by atoms with Gasteiger partial charge in [0.25, 0.3) is 0 Å². The van der Waals surface area contributed by atoms with Crippen molar-refractivity contribution in [3.05, 3.63) is 169 Å². The van der Waals surface area contributed by atoms with Crippen LogP contribution in [-0.4, -0.2) is 4.57 Å². The lowest BCUT2D eigenvalue weighted by atomic mass is 9.65. The first-order chi connectivity index (χ1) is 22.2. The molecule has 0 unspecified atom stereocenters. The minimum Gasteiger partial charge on any atom is -0.310 e. The molecule has 1 heterocycles. The fourth-order valence-corrected chi connectivity index (χ4v) is 7.58. The van der Waals surface area contributed by atoms with Crippen LogP contribution in [-0.2, 0) is 5.41 Å². The van der Waals surface area contributed by atoms with Crippen molar-refractivity contribution in [2.24, 2.45) is 0 Å². The lowest BCUT2D eigenvalue weighted by Gasteiger charge is -2.39. The molecule has 0 atom stereocenters. The molecule has 1 aliphatic rings. The van der Waals surface area contributed by atoms with Crippen LogP contribution in [0, 0.1) is 5.82 Å². The first kappa shape index (κ1) is 27.4. The lowest BCUT2D eigenvalue weighted by Crippen LogP contribution is -2.30. The second-order valence-corrected chi connectivity index (χ2v) is 12.3. The van der Waals surface area contributed by atoms with Crippen LogP contribution < -0.4 is 4.90 Å². The molecule has 1 aromatic heterocycles. The van der Waals surface area contributed by atoms with Gasteiger partial charge in [-0.2, -0.15) is 0 Å². The Morgan fingerprint density at radius 3 is 1.80 bits per heavy atom. The third-order valence-corrected chi connectivity index (χ3v) is 9.73. The molecule has 0 aliphatic heterocycles. The number of benzene rings is 6. The molecule has 0 spiro atoms. The molecular formula is C42H35FN2. The van der Waals surface area contributed by atoms with Gasteiger partial charge in [0.15, 0.2) is 0 Å². The first-order valence-electron chi connectivity index (χ1n) is 16.0. The third kappa shape index (κ3) is 4.80. The van der Waals surface area contributed by atoms with Crippen LogP contribution in [0.3, 0.4) is 0 Å². The Morgan fingerprint density at radius 1 is 0.489 bits per heavy atom. The summed E-state index contributed by atoms with van der Waals surface area (Å²) in [5, 5.41) is 2.35. The van der Waals surface area contributed by atoms with E-state index < -0.39 is 0 Å². The van der Waals surface area contributed by atoms with Crippen LogP contribution in [0.1, 0.15) is 43.2 Å². The molecule has 0 N–H and O–H groups in total. The van der Waals surface area contributed by atoms with Crippen LogP contribution in [0.2, 0.25) is 0 Å². The van der Waals surface area contributed by atoms with Crippen molar-refractivity contribution in [1.82, 2.24) is 4.57 Å². The van der Waals surface area contributed by atoms with Gasteiger partial charge in [0, 0.05) is 38.9 Å². The van der Waals surface area contributed by atoms with Gasteiger partial charge in [0.1, 0.15) is 5.82 Å². The molecule has 0 saturated heterocycles. The number of nitrogens with zero attached hydrogens (tertiary/aromatic N) is 2. The maximum atomic E-state index is 14.0. The quantitative estimate of drug-likeness (QED) is 0.188. The number of halogens is 1. The van der Waals surface area contributed by atoms with E-state index in [9.17, 15) is 4.39 Å². The molecule has 45 heavy (non-hydrogen) atoms. The second kappa shape index (κ2) is 11.4. The van der Waals surface area contributed by atoms with Gasteiger partial charge in [-0.1, -0.05) is 104 Å². The number of hydrogen-bond donors (Lipinski definition) is 0. The van der Waals surface area contributed by atoms with Gasteiger partial charge in [0.05, 0.1) is 11.0 Å². The summed E-state index contributed by atoms with van der Waals surface area (Å²) in [5.74, 6) is -0.235. The fourth-order valence-electron chi connectivity index (χ4n) is 7.58. The van der Waals surface area contributed by atoms with Crippen molar-refractivity contribution in [1.29, 1.82) is 0 Å². The molecule has 1 saturated carbocycles. The topological polar surface area (TPSA) is 8.17 Å². The minimum absolute atomic E-state index is 0.0601. The summed E-state index contributed by atoms with van der Waals surface area (Å²) in [6, 6.07) is 52.9. The van der Waals surface area contributed by atoms with E-state index in [1.165, 1.54) is 66.1 Å². The van der Waals surface area contributed by atoms with Gasteiger partial charge < -0.3 is 9.47 Å². The molecule has 1 fully saturated rings. The summed E-state index contributed by atoms with van der Waals surface area (Å²) in [5.41, 5.74) is 9.31. The van der Waals surface area contributed by atoms with Gasteiger partial charge >= 0.3 is 0 Å². The van der Waals surface area contributed by atoms with Gasteiger partial charge in [-0.15, -0.1) is 0 Å². The van der Waals surface area contributed by atoms with Crippen molar-refractivity contribution in [2.75, 3.05) is 4.90 Å². The van der Waals surface area contributed by atoms with E-state index in [0.717, 1.165) is 33.8 Å². The Bertz CT molecular complexity index is 2070. The van der Waals surface area contributed by atoms with Gasteiger partial charge in [0.2, 0.25) is 0 Å². The highest BCUT2D eigenvalue weighted by molar-refractivity contribution is 6.10. The summed E-state index contributed by atoms with van der Waals surface area (Å²) < 4.78 is 16.2. The van der Waals surface area contributed by atoms with Crippen LogP contribution in [0.4, 0.5) is 21.5 Å². The predicted molar refractivity (Wildman–Crippen MR) is 186 cm³/mol. The Balaban J connectivity index is 1.28. The zero-order valence-electron chi connectivity index (χ0n) is 25.2. The molecule has 2 nitrogen and oxygen atoms in total. The van der Waals surface area contributed by atoms with Gasteiger partial charge in [-0.05, 0) is 90.7 Å². The van der Waals surface area contributed by atoms with Crippen molar-refractivity contribution in [3.63, 3.8) is 0 Å². The maximum Gasteiger partial charge on any atom is 0.123 e. The summed E-state index contributed by atoms with van der Waals surface area (Å²) in [6.07, 6.45) is 6.20. The summed E-state index contributed by atoms with van der Waals surface area (Å²) >= 11 is 0. The highest BCUT2D eigenvalue weighted by Crippen LogP contribution is 2.46. The second-order valence-electron chi connectivity index (χ2n) is 12.3. The van der Waals surface area contributed by atoms with Gasteiger partial charge in [-0.25, -0.2) is 4.39 Å². The smallest absolute Gasteiger partial charge is 0.123 e. The molecule has 0 amide bonds. The largest absolute Gasteiger partial charge is 0.310 e. The predicted octanol–water partition coefficient (Wildman–Crippen LogP) is 11.6. The van der Waals surface area contributed by atoms with E-state index in [1.54, 1.807) is 0 Å². The van der Waals surface area contributed by atoms with Crippen molar-refractivity contribution < 1.29 is 4.39 Å². The number of aromatic nitrogens is 1. The zero-order chi connectivity index (χ0) is 30.2. The number of anilines is 3. The normalized spacial score (nSPS) is 14.5. The monoisotopic (exact) mass is 586 g/mol. The van der Waals surface area contributed by atoms with E-state index in [2.05, 4.69) is 137 Å². The molecular weight excluding hydrogens is 551 g/mol. The highest BCUT2D eigenvalue weighted by atomic mass is 19.1. The fraction of sp³-hybridized carbons (Fsp3) is 0.143. The van der Waals surface area contributed by atoms with Crippen molar-refractivity contribution in [2.45, 2.75) is 37.5 Å². The van der Waals surface area contributed by atoms with Crippen LogP contribution >= 0.6 is 0 Å². The first-order valence-corrected chi connectivity index (χ1v) is 16.0. The number of rotatable bonds is 6. The minimum atomic E-state index is -0.235. The Labute approximate surface area is 264 Å². The molecule has 3 heteroatoms. The molecule has 6 aromatic carbocycles. The van der Waals surface area contributed by atoms with Gasteiger partial charge in [-0.3, -0.25) is 0 Å². The standard InChI is InChI=1S/C42H35FN2/c43-33-20-24-36(25-21-33)45-40-17-9-8-16-38(40)39-27-26-37(30-41(39)45)44(34-14-6-2-7-15-34)35-22-18-32(19-23-35)42(28-10-3-11-29-42)31-12-4-1-5-13-31/h1-2,4-9,12-27,30H,3,10-11,28-29H2. The lowest BCUT2D eigenvalue weighted by molar-refractivity contribution is 0.346. The molecule has 8 rings (SSSR count). The molecule has 7 aromatic rings. The van der Waals surface area contributed by atoms with E-state index in [4.69, 9.17) is 0 Å². The van der Waals surface area contributed by atoms with E-state index >= 15 is 0 Å². The highest BCUT2D eigenvalue weighted by Gasteiger charge is 2.35. The number of fused-ring (bicyclic) bond motifs is 3. The van der Waals surface area contributed by atoms with Crippen molar-refractivity contribution >= 4 is 38.9 Å². The van der Waals surface area contributed by atoms with Crippen molar-refractivity contribution in [3.8, 4) is 5.69 Å². The summed E-state index contributed by atoms with van der Waals surface area (Å²) in [6.45, 7) is 0. The molecule has 0 bridgehead atoms. The van der Waals surface area contributed by atoms with Crippen LogP contribution in [0.25, 0.3) is 27.5 Å².